The molecule has 0 N–H and O–H groups in total. The molecule has 0 heterocycles. The average Bonchev–Trinajstić information content (AvgIpc) is 2.88. The summed E-state index contributed by atoms with van der Waals surface area (Å²) in [5.41, 5.74) is 9.19. The Bertz CT molecular complexity index is 1290. The molecule has 38 heavy (non-hydrogen) atoms. The van der Waals surface area contributed by atoms with E-state index in [2.05, 4.69) is 115 Å². The van der Waals surface area contributed by atoms with Crippen LogP contribution in [0.5, 0.6) is 0 Å². The summed E-state index contributed by atoms with van der Waals surface area (Å²) in [6.45, 7) is 23.7. The van der Waals surface area contributed by atoms with Gasteiger partial charge in [0.25, 0.3) is 0 Å². The van der Waals surface area contributed by atoms with E-state index in [1.807, 2.05) is 25.1 Å². The number of rotatable bonds is 9. The van der Waals surface area contributed by atoms with Crippen molar-refractivity contribution in [3.05, 3.63) is 124 Å². The van der Waals surface area contributed by atoms with Gasteiger partial charge < -0.3 is 0 Å². The van der Waals surface area contributed by atoms with Crippen LogP contribution >= 0.6 is 0 Å². The van der Waals surface area contributed by atoms with E-state index in [9.17, 15) is 0 Å². The molecule has 0 spiro atoms. The zero-order valence-corrected chi connectivity index (χ0v) is 25.2. The van der Waals surface area contributed by atoms with Gasteiger partial charge in [0.1, 0.15) is 0 Å². The molecule has 0 amide bonds. The van der Waals surface area contributed by atoms with Crippen molar-refractivity contribution in [2.75, 3.05) is 0 Å². The summed E-state index contributed by atoms with van der Waals surface area (Å²) in [6.07, 6.45) is 10.4. The Morgan fingerprint density at radius 3 is 1.97 bits per heavy atom. The van der Waals surface area contributed by atoms with Crippen molar-refractivity contribution in [2.24, 2.45) is 0 Å². The van der Waals surface area contributed by atoms with E-state index in [4.69, 9.17) is 0 Å². The van der Waals surface area contributed by atoms with E-state index in [-0.39, 0.29) is 5.41 Å². The fourth-order valence-electron chi connectivity index (χ4n) is 4.56. The Balaban J connectivity index is 0.000000308. The normalized spacial score (nSPS) is 12.4. The highest BCUT2D eigenvalue weighted by Crippen LogP contribution is 2.25. The average molecular weight is 507 g/mol. The van der Waals surface area contributed by atoms with Crippen molar-refractivity contribution < 1.29 is 0 Å². The maximum Gasteiger partial charge on any atom is -0.0115 e. The molecule has 0 bridgehead atoms. The van der Waals surface area contributed by atoms with Crippen molar-refractivity contribution in [3.8, 4) is 0 Å². The lowest BCUT2D eigenvalue weighted by Gasteiger charge is -2.19. The minimum absolute atomic E-state index is 0.179. The summed E-state index contributed by atoms with van der Waals surface area (Å²) in [6, 6.07) is 25.8. The quantitative estimate of drug-likeness (QED) is 0.253. The standard InChI is InChI=1S/C24H28.C14H22/c1-17(2)23(22-11-9-8-10-18(22)3)16-19(4)20-12-14-21(15-13-20)24(5,6)7;1-3-4-5-6-7-11-14-12-9-8-10-13(14)2/h8-16H,1,3H2,2,4-7H3;8-10,12H,3-7,11H2,1-2H3/b19-16+,23-22+;. The highest BCUT2D eigenvalue weighted by Gasteiger charge is 2.13. The molecule has 0 aliphatic carbocycles. The van der Waals surface area contributed by atoms with Crippen LogP contribution in [0.15, 0.2) is 91.0 Å². The lowest BCUT2D eigenvalue weighted by Crippen LogP contribution is -2.24. The fraction of sp³-hybridized carbons (Fsp3) is 0.368. The predicted octanol–water partition coefficient (Wildman–Crippen LogP) is 9.73. The molecular formula is C38H50. The second-order valence-electron chi connectivity index (χ2n) is 11.6. The summed E-state index contributed by atoms with van der Waals surface area (Å²) in [7, 11) is 0. The van der Waals surface area contributed by atoms with Crippen LogP contribution in [0, 0.1) is 6.92 Å². The van der Waals surface area contributed by atoms with Crippen LogP contribution in [0.3, 0.4) is 0 Å². The third-order valence-corrected chi connectivity index (χ3v) is 7.15. The van der Waals surface area contributed by atoms with E-state index in [0.29, 0.717) is 0 Å². The van der Waals surface area contributed by atoms with Gasteiger partial charge in [0.2, 0.25) is 0 Å². The molecule has 0 aromatic heterocycles. The van der Waals surface area contributed by atoms with Crippen LogP contribution in [-0.4, -0.2) is 0 Å². The molecule has 3 aromatic rings. The molecule has 0 fully saturated rings. The Morgan fingerprint density at radius 1 is 0.789 bits per heavy atom. The van der Waals surface area contributed by atoms with Gasteiger partial charge in [-0.05, 0) is 82.9 Å². The first-order valence-corrected chi connectivity index (χ1v) is 14.3. The van der Waals surface area contributed by atoms with Crippen LogP contribution in [0.25, 0.3) is 17.7 Å². The van der Waals surface area contributed by atoms with Crippen molar-refractivity contribution in [1.82, 2.24) is 0 Å². The van der Waals surface area contributed by atoms with Gasteiger partial charge in [0.05, 0.1) is 0 Å². The first-order valence-electron chi connectivity index (χ1n) is 14.3. The summed E-state index contributed by atoms with van der Waals surface area (Å²) in [4.78, 5) is 0. The van der Waals surface area contributed by atoms with Crippen LogP contribution in [-0.2, 0) is 11.8 Å². The molecule has 0 unspecified atom stereocenters. The van der Waals surface area contributed by atoms with Gasteiger partial charge in [-0.25, -0.2) is 0 Å². The zero-order chi connectivity index (χ0) is 28.1. The smallest absolute Gasteiger partial charge is 0.0115 e. The van der Waals surface area contributed by atoms with E-state index in [0.717, 1.165) is 21.6 Å². The van der Waals surface area contributed by atoms with Gasteiger partial charge in [0, 0.05) is 0 Å². The zero-order valence-electron chi connectivity index (χ0n) is 25.2. The monoisotopic (exact) mass is 506 g/mol. The highest BCUT2D eigenvalue weighted by atomic mass is 14.2. The fourth-order valence-corrected chi connectivity index (χ4v) is 4.56. The predicted molar refractivity (Wildman–Crippen MR) is 172 cm³/mol. The van der Waals surface area contributed by atoms with Crippen LogP contribution < -0.4 is 10.4 Å². The van der Waals surface area contributed by atoms with Gasteiger partial charge >= 0.3 is 0 Å². The summed E-state index contributed by atoms with van der Waals surface area (Å²) >= 11 is 0. The van der Waals surface area contributed by atoms with Crippen molar-refractivity contribution in [2.45, 2.75) is 92.4 Å². The number of allylic oxidation sites excluding steroid dienone is 3. The number of unbranched alkanes of at least 4 members (excludes halogenated alkanes) is 4. The Morgan fingerprint density at radius 2 is 1.39 bits per heavy atom. The third-order valence-electron chi connectivity index (χ3n) is 7.15. The number of hydrogen-bond acceptors (Lipinski definition) is 0. The van der Waals surface area contributed by atoms with Crippen LogP contribution in [0.2, 0.25) is 0 Å². The van der Waals surface area contributed by atoms with Crippen LogP contribution in [0.1, 0.15) is 95.9 Å². The number of hydrogen-bond donors (Lipinski definition) is 0. The maximum atomic E-state index is 4.16. The van der Waals surface area contributed by atoms with Gasteiger partial charge in [-0.3, -0.25) is 0 Å². The first-order chi connectivity index (χ1) is 18.0. The van der Waals surface area contributed by atoms with Gasteiger partial charge in [-0.15, -0.1) is 0 Å². The first kappa shape index (κ1) is 31.1. The van der Waals surface area contributed by atoms with Crippen molar-refractivity contribution in [3.63, 3.8) is 0 Å². The molecule has 0 saturated carbocycles. The second kappa shape index (κ2) is 15.3. The summed E-state index contributed by atoms with van der Waals surface area (Å²) in [5.74, 6) is 0. The molecule has 0 nitrogen and oxygen atoms in total. The largest absolute Gasteiger partial charge is 0.0955 e. The Hall–Kier alpha value is -3.12. The topological polar surface area (TPSA) is 0 Å². The third kappa shape index (κ3) is 9.97. The van der Waals surface area contributed by atoms with E-state index in [1.165, 1.54) is 66.4 Å². The van der Waals surface area contributed by atoms with Crippen molar-refractivity contribution >= 4 is 17.7 Å². The SMILES string of the molecule is C=C(C)C(/C=C(\C)c1ccc(C(C)(C)C)cc1)=c1\ccccc1=C.CCCCCCCc1ccccc1C. The minimum Gasteiger partial charge on any atom is -0.0955 e. The van der Waals surface area contributed by atoms with E-state index >= 15 is 0 Å². The molecular weight excluding hydrogens is 456 g/mol. The number of aryl methyl sites for hydroxylation is 2. The summed E-state index contributed by atoms with van der Waals surface area (Å²) in [5, 5.41) is 2.18. The molecule has 0 aliphatic heterocycles. The lowest BCUT2D eigenvalue weighted by atomic mass is 9.86. The molecule has 0 radical (unpaired) electrons. The number of benzene rings is 3. The van der Waals surface area contributed by atoms with Gasteiger partial charge in [-0.1, -0.05) is 151 Å². The molecule has 0 atom stereocenters. The van der Waals surface area contributed by atoms with Crippen molar-refractivity contribution in [1.29, 1.82) is 0 Å². The molecule has 3 aromatic carbocycles. The van der Waals surface area contributed by atoms with E-state index in [1.54, 1.807) is 0 Å². The molecule has 202 valence electrons. The highest BCUT2D eigenvalue weighted by molar-refractivity contribution is 5.81. The Kier molecular flexibility index (Phi) is 12.5. The minimum atomic E-state index is 0.179. The molecule has 0 aliphatic rings. The Labute approximate surface area is 233 Å². The lowest BCUT2D eigenvalue weighted by molar-refractivity contribution is 0.590. The van der Waals surface area contributed by atoms with Gasteiger partial charge in [0.15, 0.2) is 0 Å². The molecule has 0 heteroatoms. The van der Waals surface area contributed by atoms with E-state index < -0.39 is 0 Å². The van der Waals surface area contributed by atoms with Crippen LogP contribution in [0.4, 0.5) is 0 Å². The molecule has 0 saturated heterocycles. The molecule has 3 rings (SSSR count). The second-order valence-corrected chi connectivity index (χ2v) is 11.6. The maximum absolute atomic E-state index is 4.16. The van der Waals surface area contributed by atoms with Gasteiger partial charge in [-0.2, -0.15) is 0 Å². The summed E-state index contributed by atoms with van der Waals surface area (Å²) < 4.78 is 0.